The first-order valence-corrected chi connectivity index (χ1v) is 4.26. The van der Waals surface area contributed by atoms with Gasteiger partial charge in [0, 0.05) is 21.9 Å². The number of carbonyl (C=O) groups excluding carboxylic acids is 1. The van der Waals surface area contributed by atoms with E-state index >= 15 is 0 Å². The molecular formula is C7H4BrF4NO. The van der Waals surface area contributed by atoms with Crippen molar-refractivity contribution in [1.82, 2.24) is 4.90 Å². The Kier molecular flexibility index (Phi) is 2.76. The number of alkyl halides is 4. The lowest BCUT2D eigenvalue weighted by Gasteiger charge is -2.14. The molecule has 14 heavy (non-hydrogen) atoms. The molecule has 0 aliphatic carbocycles. The van der Waals surface area contributed by atoms with E-state index in [-0.39, 0.29) is 0 Å². The first kappa shape index (κ1) is 11.3. The summed E-state index contributed by atoms with van der Waals surface area (Å²) in [7, 11) is 0. The van der Waals surface area contributed by atoms with Crippen LogP contribution in [0.1, 0.15) is 0 Å². The lowest BCUT2D eigenvalue weighted by atomic mass is 10.2. The number of halogens is 5. The van der Waals surface area contributed by atoms with Crippen LogP contribution in [0.4, 0.5) is 17.6 Å². The second-order valence-electron chi connectivity index (χ2n) is 2.79. The van der Waals surface area contributed by atoms with Crippen molar-refractivity contribution in [3.8, 4) is 10.8 Å². The number of nitrogens with zero attached hydrogens (tertiary/aromatic N) is 1. The SMILES string of the molecule is O=C(C#CBr)N1CC(F)(F)C(F)(F)C1. The average Bonchev–Trinajstić information content (AvgIpc) is 2.22. The Labute approximate surface area is 85.4 Å². The fourth-order valence-corrected chi connectivity index (χ4v) is 1.20. The van der Waals surface area contributed by atoms with E-state index in [9.17, 15) is 22.4 Å². The van der Waals surface area contributed by atoms with Crippen molar-refractivity contribution in [2.45, 2.75) is 11.8 Å². The number of carbonyl (C=O) groups is 1. The van der Waals surface area contributed by atoms with Crippen LogP contribution in [-0.2, 0) is 4.79 Å². The van der Waals surface area contributed by atoms with Crippen LogP contribution in [0.2, 0.25) is 0 Å². The highest BCUT2D eigenvalue weighted by Gasteiger charge is 2.63. The molecule has 0 atom stereocenters. The van der Waals surface area contributed by atoms with E-state index < -0.39 is 30.8 Å². The van der Waals surface area contributed by atoms with Crippen LogP contribution < -0.4 is 0 Å². The summed E-state index contributed by atoms with van der Waals surface area (Å²) in [5, 5.41) is 0. The minimum absolute atomic E-state index is 0.328. The second kappa shape index (κ2) is 3.42. The van der Waals surface area contributed by atoms with E-state index in [0.717, 1.165) is 0 Å². The number of hydrogen-bond acceptors (Lipinski definition) is 1. The molecule has 0 aromatic rings. The van der Waals surface area contributed by atoms with Crippen LogP contribution in [0.25, 0.3) is 0 Å². The molecule has 1 aliphatic heterocycles. The third kappa shape index (κ3) is 1.85. The van der Waals surface area contributed by atoms with Crippen molar-refractivity contribution < 1.29 is 22.4 Å². The molecular weight excluding hydrogens is 270 g/mol. The molecule has 0 N–H and O–H groups in total. The molecule has 1 heterocycles. The molecule has 1 fully saturated rings. The van der Waals surface area contributed by atoms with Crippen LogP contribution in [0.5, 0.6) is 0 Å². The number of amides is 1. The van der Waals surface area contributed by atoms with Crippen LogP contribution >= 0.6 is 15.9 Å². The molecule has 1 saturated heterocycles. The summed E-state index contributed by atoms with van der Waals surface area (Å²) >= 11 is 2.57. The Balaban J connectivity index is 2.81. The summed E-state index contributed by atoms with van der Waals surface area (Å²) in [5.41, 5.74) is 0. The highest BCUT2D eigenvalue weighted by molar-refractivity contribution is 9.12. The zero-order valence-corrected chi connectivity index (χ0v) is 8.25. The molecule has 1 amide bonds. The van der Waals surface area contributed by atoms with Gasteiger partial charge < -0.3 is 4.90 Å². The molecule has 0 aromatic carbocycles. The van der Waals surface area contributed by atoms with E-state index in [0.29, 0.717) is 4.90 Å². The van der Waals surface area contributed by atoms with Gasteiger partial charge in [0.1, 0.15) is 0 Å². The molecule has 78 valence electrons. The standard InChI is InChI=1S/C7H4BrF4NO/c8-2-1-5(14)13-3-6(9,10)7(11,12)4-13/h3-4H2. The largest absolute Gasteiger partial charge is 0.329 e. The number of likely N-dealkylation sites (tertiary alicyclic amines) is 1. The van der Waals surface area contributed by atoms with E-state index in [1.807, 2.05) is 10.8 Å². The maximum absolute atomic E-state index is 12.6. The summed E-state index contributed by atoms with van der Waals surface area (Å²) in [6, 6.07) is 0. The summed E-state index contributed by atoms with van der Waals surface area (Å²) < 4.78 is 50.3. The Morgan fingerprint density at radius 1 is 1.21 bits per heavy atom. The van der Waals surface area contributed by atoms with Crippen molar-refractivity contribution in [2.75, 3.05) is 13.1 Å². The molecule has 0 aromatic heterocycles. The van der Waals surface area contributed by atoms with E-state index in [1.54, 1.807) is 0 Å². The Hall–Kier alpha value is -0.770. The normalized spacial score (nSPS) is 22.8. The molecule has 2 nitrogen and oxygen atoms in total. The van der Waals surface area contributed by atoms with Crippen molar-refractivity contribution in [1.29, 1.82) is 0 Å². The van der Waals surface area contributed by atoms with Crippen molar-refractivity contribution >= 4 is 21.8 Å². The lowest BCUT2D eigenvalue weighted by Crippen LogP contribution is -2.38. The quantitative estimate of drug-likeness (QED) is 0.483. The molecule has 0 saturated carbocycles. The van der Waals surface area contributed by atoms with Crippen molar-refractivity contribution in [3.63, 3.8) is 0 Å². The first-order valence-electron chi connectivity index (χ1n) is 3.46. The molecule has 1 rings (SSSR count). The van der Waals surface area contributed by atoms with Gasteiger partial charge in [0.15, 0.2) is 0 Å². The number of hydrogen-bond donors (Lipinski definition) is 0. The Bertz CT molecular complexity index is 303. The lowest BCUT2D eigenvalue weighted by molar-refractivity contribution is -0.172. The van der Waals surface area contributed by atoms with Crippen LogP contribution in [0.3, 0.4) is 0 Å². The molecule has 1 aliphatic rings. The Morgan fingerprint density at radius 3 is 2.00 bits per heavy atom. The van der Waals surface area contributed by atoms with Gasteiger partial charge >= 0.3 is 11.8 Å². The van der Waals surface area contributed by atoms with Gasteiger partial charge in [-0.15, -0.1) is 0 Å². The Morgan fingerprint density at radius 2 is 1.64 bits per heavy atom. The summed E-state index contributed by atoms with van der Waals surface area (Å²) in [6.07, 6.45) is 0. The van der Waals surface area contributed by atoms with E-state index in [4.69, 9.17) is 0 Å². The van der Waals surface area contributed by atoms with Crippen LogP contribution in [0.15, 0.2) is 0 Å². The summed E-state index contributed by atoms with van der Waals surface area (Å²) in [6.45, 7) is -2.58. The second-order valence-corrected chi connectivity index (χ2v) is 3.19. The van der Waals surface area contributed by atoms with Gasteiger partial charge in [0.2, 0.25) is 0 Å². The predicted octanol–water partition coefficient (Wildman–Crippen LogP) is 1.46. The first-order chi connectivity index (χ1) is 6.30. The smallest absolute Gasteiger partial charge is 0.319 e. The monoisotopic (exact) mass is 273 g/mol. The fraction of sp³-hybridized carbons (Fsp3) is 0.571. The summed E-state index contributed by atoms with van der Waals surface area (Å²) in [4.78, 5) is 13.2. The van der Waals surface area contributed by atoms with Gasteiger partial charge in [-0.3, -0.25) is 4.79 Å². The van der Waals surface area contributed by atoms with Gasteiger partial charge in [-0.05, 0) is 4.83 Å². The summed E-state index contributed by atoms with van der Waals surface area (Å²) in [5.74, 6) is -7.53. The molecule has 0 unspecified atom stereocenters. The minimum Gasteiger partial charge on any atom is -0.319 e. The van der Waals surface area contributed by atoms with E-state index in [1.165, 1.54) is 0 Å². The topological polar surface area (TPSA) is 20.3 Å². The zero-order valence-electron chi connectivity index (χ0n) is 6.66. The van der Waals surface area contributed by atoms with Crippen LogP contribution in [-0.4, -0.2) is 35.7 Å². The van der Waals surface area contributed by atoms with Crippen molar-refractivity contribution in [3.05, 3.63) is 0 Å². The van der Waals surface area contributed by atoms with Gasteiger partial charge in [0.05, 0.1) is 13.1 Å². The van der Waals surface area contributed by atoms with E-state index in [2.05, 4.69) is 15.9 Å². The highest BCUT2D eigenvalue weighted by atomic mass is 79.9. The maximum Gasteiger partial charge on any atom is 0.329 e. The molecule has 7 heteroatoms. The van der Waals surface area contributed by atoms with Gasteiger partial charge in [0.25, 0.3) is 5.91 Å². The van der Waals surface area contributed by atoms with Gasteiger partial charge in [-0.1, -0.05) is 0 Å². The average molecular weight is 274 g/mol. The fourth-order valence-electron chi connectivity index (χ4n) is 1.03. The number of rotatable bonds is 0. The van der Waals surface area contributed by atoms with Crippen molar-refractivity contribution in [2.24, 2.45) is 0 Å². The minimum atomic E-state index is -4.17. The maximum atomic E-state index is 12.6. The third-order valence-corrected chi connectivity index (χ3v) is 1.95. The molecule has 0 spiro atoms. The predicted molar refractivity (Wildman–Crippen MR) is 43.2 cm³/mol. The van der Waals surface area contributed by atoms with Gasteiger partial charge in [-0.25, -0.2) is 0 Å². The molecule has 0 radical (unpaired) electrons. The third-order valence-electron chi connectivity index (χ3n) is 1.76. The molecule has 0 bridgehead atoms. The van der Waals surface area contributed by atoms with Crippen LogP contribution in [0, 0.1) is 10.8 Å². The van der Waals surface area contributed by atoms with Gasteiger partial charge in [-0.2, -0.15) is 17.6 Å². The highest BCUT2D eigenvalue weighted by Crippen LogP contribution is 2.40. The zero-order chi connectivity index (χ0) is 11.0.